The Morgan fingerprint density at radius 3 is 2.70 bits per heavy atom. The molecule has 102 valence electrons. The van der Waals surface area contributed by atoms with Gasteiger partial charge in [-0.15, -0.1) is 0 Å². The number of nitrogens with zero attached hydrogens (tertiary/aromatic N) is 1. The number of allylic oxidation sites excluding steroid dienone is 1. The van der Waals surface area contributed by atoms with Crippen molar-refractivity contribution in [1.29, 1.82) is 5.26 Å². The lowest BCUT2D eigenvalue weighted by atomic mass is 9.98. The number of carbonyl (C=O) groups excluding carboxylic acids is 1. The van der Waals surface area contributed by atoms with Gasteiger partial charge in [0.2, 0.25) is 5.78 Å². The zero-order chi connectivity index (χ0) is 14.9. The predicted octanol–water partition coefficient (Wildman–Crippen LogP) is 3.97. The minimum atomic E-state index is -2.08. The van der Waals surface area contributed by atoms with Crippen molar-refractivity contribution in [2.75, 3.05) is 0 Å². The van der Waals surface area contributed by atoms with E-state index in [2.05, 4.69) is 0 Å². The standard InChI is InChI=1S/C16H14FNO2/c1-10-4-5-14-11(6-10)7-13(20-14)8-12(9-18)15(19)16(2,3)17/h4-8H,1-3H3/b12-8+. The number of aryl methyl sites for hydroxylation is 1. The molecule has 2 aromatic rings. The molecule has 0 atom stereocenters. The Kier molecular flexibility index (Phi) is 3.46. The first kappa shape index (κ1) is 14.0. The van der Waals surface area contributed by atoms with E-state index in [1.165, 1.54) is 6.08 Å². The molecule has 0 unspecified atom stereocenters. The van der Waals surface area contributed by atoms with Gasteiger partial charge in [0, 0.05) is 11.5 Å². The number of halogens is 1. The van der Waals surface area contributed by atoms with Crippen LogP contribution in [0.25, 0.3) is 17.0 Å². The van der Waals surface area contributed by atoms with Crippen molar-refractivity contribution in [2.45, 2.75) is 26.4 Å². The second-order valence-electron chi connectivity index (χ2n) is 5.16. The van der Waals surface area contributed by atoms with E-state index in [4.69, 9.17) is 9.68 Å². The van der Waals surface area contributed by atoms with E-state index in [1.807, 2.05) is 25.1 Å². The van der Waals surface area contributed by atoms with E-state index in [0.29, 0.717) is 11.3 Å². The number of carbonyl (C=O) groups is 1. The Bertz CT molecular complexity index is 742. The summed E-state index contributed by atoms with van der Waals surface area (Å²) in [6.07, 6.45) is 1.28. The average Bonchev–Trinajstić information content (AvgIpc) is 2.75. The molecule has 2 rings (SSSR count). The van der Waals surface area contributed by atoms with E-state index in [1.54, 1.807) is 12.1 Å². The molecular formula is C16H14FNO2. The predicted molar refractivity (Wildman–Crippen MR) is 74.7 cm³/mol. The molecule has 1 aromatic heterocycles. The summed E-state index contributed by atoms with van der Waals surface area (Å²) in [4.78, 5) is 11.8. The first-order valence-corrected chi connectivity index (χ1v) is 6.17. The minimum Gasteiger partial charge on any atom is -0.457 e. The number of ketones is 1. The number of fused-ring (bicyclic) bond motifs is 1. The number of rotatable bonds is 3. The van der Waals surface area contributed by atoms with Gasteiger partial charge in [-0.2, -0.15) is 5.26 Å². The lowest BCUT2D eigenvalue weighted by molar-refractivity contribution is -0.124. The molecule has 0 amide bonds. The van der Waals surface area contributed by atoms with Crippen LogP contribution in [0.2, 0.25) is 0 Å². The largest absolute Gasteiger partial charge is 0.457 e. The molecule has 0 aliphatic rings. The normalized spacial score (nSPS) is 12.4. The minimum absolute atomic E-state index is 0.256. The van der Waals surface area contributed by atoms with Gasteiger partial charge in [-0.05, 0) is 39.0 Å². The maximum Gasteiger partial charge on any atom is 0.210 e. The van der Waals surface area contributed by atoms with E-state index in [0.717, 1.165) is 24.8 Å². The summed E-state index contributed by atoms with van der Waals surface area (Å²) in [6, 6.07) is 9.10. The number of benzene rings is 1. The third-order valence-corrected chi connectivity index (χ3v) is 2.88. The topological polar surface area (TPSA) is 54.0 Å². The summed E-state index contributed by atoms with van der Waals surface area (Å²) < 4.78 is 19.1. The van der Waals surface area contributed by atoms with Crippen LogP contribution in [0.5, 0.6) is 0 Å². The van der Waals surface area contributed by atoms with Crippen molar-refractivity contribution in [3.8, 4) is 6.07 Å². The Morgan fingerprint density at radius 2 is 2.10 bits per heavy atom. The van der Waals surface area contributed by atoms with Crippen LogP contribution in [-0.2, 0) is 4.79 Å². The number of Topliss-reactive ketones (excluding diaryl/α,β-unsaturated/α-hetero) is 1. The highest BCUT2D eigenvalue weighted by atomic mass is 19.1. The zero-order valence-electron chi connectivity index (χ0n) is 11.5. The molecule has 0 bridgehead atoms. The molecule has 4 heteroatoms. The maximum absolute atomic E-state index is 13.6. The van der Waals surface area contributed by atoms with Crippen LogP contribution < -0.4 is 0 Å². The molecule has 0 spiro atoms. The second kappa shape index (κ2) is 4.93. The highest BCUT2D eigenvalue weighted by Gasteiger charge is 2.30. The van der Waals surface area contributed by atoms with Crippen LogP contribution >= 0.6 is 0 Å². The molecule has 0 saturated heterocycles. The molecule has 0 N–H and O–H groups in total. The molecule has 0 fully saturated rings. The monoisotopic (exact) mass is 271 g/mol. The highest BCUT2D eigenvalue weighted by molar-refractivity contribution is 6.07. The number of hydrogen-bond acceptors (Lipinski definition) is 3. The summed E-state index contributed by atoms with van der Waals surface area (Å²) in [6.45, 7) is 4.21. The number of hydrogen-bond donors (Lipinski definition) is 0. The smallest absolute Gasteiger partial charge is 0.210 e. The van der Waals surface area contributed by atoms with Gasteiger partial charge in [0.05, 0.1) is 0 Å². The van der Waals surface area contributed by atoms with Gasteiger partial charge >= 0.3 is 0 Å². The lowest BCUT2D eigenvalue weighted by Crippen LogP contribution is -2.27. The van der Waals surface area contributed by atoms with E-state index >= 15 is 0 Å². The maximum atomic E-state index is 13.6. The quantitative estimate of drug-likeness (QED) is 0.627. The van der Waals surface area contributed by atoms with E-state index in [9.17, 15) is 9.18 Å². The second-order valence-corrected chi connectivity index (χ2v) is 5.16. The van der Waals surface area contributed by atoms with Crippen molar-refractivity contribution in [3.05, 3.63) is 41.2 Å². The van der Waals surface area contributed by atoms with Crippen molar-refractivity contribution < 1.29 is 13.6 Å². The molecule has 20 heavy (non-hydrogen) atoms. The van der Waals surface area contributed by atoms with Crippen molar-refractivity contribution >= 4 is 22.8 Å². The van der Waals surface area contributed by atoms with Crippen molar-refractivity contribution in [1.82, 2.24) is 0 Å². The Labute approximate surface area is 116 Å². The van der Waals surface area contributed by atoms with Crippen molar-refractivity contribution in [2.24, 2.45) is 0 Å². The van der Waals surface area contributed by atoms with Crippen LogP contribution in [0.3, 0.4) is 0 Å². The van der Waals surface area contributed by atoms with Gasteiger partial charge in [0.15, 0.2) is 5.67 Å². The van der Waals surface area contributed by atoms with Gasteiger partial charge in [-0.25, -0.2) is 4.39 Å². The van der Waals surface area contributed by atoms with Gasteiger partial charge in [0.25, 0.3) is 0 Å². The van der Waals surface area contributed by atoms with Crippen LogP contribution in [0.1, 0.15) is 25.2 Å². The van der Waals surface area contributed by atoms with Gasteiger partial charge in [-0.1, -0.05) is 11.6 Å². The molecular weight excluding hydrogens is 257 g/mol. The first-order valence-electron chi connectivity index (χ1n) is 6.17. The lowest BCUT2D eigenvalue weighted by Gasteiger charge is -2.10. The van der Waals surface area contributed by atoms with Gasteiger partial charge in [0.1, 0.15) is 23.0 Å². The molecule has 0 aliphatic carbocycles. The summed E-state index contributed by atoms with van der Waals surface area (Å²) >= 11 is 0. The molecule has 1 heterocycles. The Morgan fingerprint density at radius 1 is 1.40 bits per heavy atom. The average molecular weight is 271 g/mol. The fourth-order valence-corrected chi connectivity index (χ4v) is 1.87. The number of nitriles is 1. The molecule has 3 nitrogen and oxygen atoms in total. The zero-order valence-corrected chi connectivity index (χ0v) is 11.5. The van der Waals surface area contributed by atoms with Crippen molar-refractivity contribution in [3.63, 3.8) is 0 Å². The fraction of sp³-hybridized carbons (Fsp3) is 0.250. The third kappa shape index (κ3) is 2.77. The van der Waals surface area contributed by atoms with E-state index < -0.39 is 11.5 Å². The summed E-state index contributed by atoms with van der Waals surface area (Å²) in [5.41, 5.74) is -0.598. The highest BCUT2D eigenvalue weighted by Crippen LogP contribution is 2.24. The third-order valence-electron chi connectivity index (χ3n) is 2.88. The summed E-state index contributed by atoms with van der Waals surface area (Å²) in [7, 11) is 0. The Balaban J connectivity index is 2.45. The fourth-order valence-electron chi connectivity index (χ4n) is 1.87. The van der Waals surface area contributed by atoms with Crippen LogP contribution in [-0.4, -0.2) is 11.5 Å². The van der Waals surface area contributed by atoms with Crippen LogP contribution in [0.4, 0.5) is 4.39 Å². The first-order chi connectivity index (χ1) is 9.31. The molecule has 0 radical (unpaired) electrons. The molecule has 0 saturated carbocycles. The molecule has 0 aliphatic heterocycles. The summed E-state index contributed by atoms with van der Waals surface area (Å²) in [5.74, 6) is -0.489. The van der Waals surface area contributed by atoms with Gasteiger partial charge in [-0.3, -0.25) is 4.79 Å². The number of furan rings is 1. The number of alkyl halides is 1. The Hall–Kier alpha value is -2.41. The van der Waals surface area contributed by atoms with Gasteiger partial charge < -0.3 is 4.42 Å². The molecule has 1 aromatic carbocycles. The van der Waals surface area contributed by atoms with Crippen LogP contribution in [0, 0.1) is 18.3 Å². The SMILES string of the molecule is Cc1ccc2oc(/C=C(\C#N)C(=O)C(C)(C)F)cc2c1. The van der Waals surface area contributed by atoms with Crippen LogP contribution in [0.15, 0.2) is 34.3 Å². The summed E-state index contributed by atoms with van der Waals surface area (Å²) in [5, 5.41) is 9.87. The van der Waals surface area contributed by atoms with E-state index in [-0.39, 0.29) is 5.57 Å².